The molecule has 124 valence electrons. The van der Waals surface area contributed by atoms with E-state index >= 15 is 0 Å². The lowest BCUT2D eigenvalue weighted by Gasteiger charge is -2.06. The number of rotatable bonds is 5. The fraction of sp³-hybridized carbons (Fsp3) is 0.222. The minimum absolute atomic E-state index is 0.0678. The molecule has 0 saturated carbocycles. The SMILES string of the molecule is CCn1c(=O)n(CC(=O)NCc2cccc(F)c2)c2ccccc21. The molecule has 0 radical (unpaired) electrons. The molecule has 2 aromatic carbocycles. The van der Waals surface area contributed by atoms with Crippen molar-refractivity contribution in [1.82, 2.24) is 14.5 Å². The molecule has 1 aromatic heterocycles. The number of aryl methyl sites for hydroxylation is 1. The van der Waals surface area contributed by atoms with Crippen LogP contribution in [0.25, 0.3) is 11.0 Å². The van der Waals surface area contributed by atoms with Crippen LogP contribution in [0.4, 0.5) is 4.39 Å². The fourth-order valence-corrected chi connectivity index (χ4v) is 2.78. The summed E-state index contributed by atoms with van der Waals surface area (Å²) in [6.07, 6.45) is 0. The van der Waals surface area contributed by atoms with Gasteiger partial charge in [-0.05, 0) is 36.8 Å². The molecule has 3 rings (SSSR count). The summed E-state index contributed by atoms with van der Waals surface area (Å²) in [5.74, 6) is -0.635. The summed E-state index contributed by atoms with van der Waals surface area (Å²) in [6, 6.07) is 13.4. The maximum absolute atomic E-state index is 13.1. The van der Waals surface area contributed by atoms with Crippen LogP contribution in [0.1, 0.15) is 12.5 Å². The highest BCUT2D eigenvalue weighted by molar-refractivity contribution is 5.80. The van der Waals surface area contributed by atoms with Crippen LogP contribution in [0.5, 0.6) is 0 Å². The molecule has 0 aliphatic carbocycles. The van der Waals surface area contributed by atoms with Gasteiger partial charge in [0.2, 0.25) is 5.91 Å². The predicted molar refractivity (Wildman–Crippen MR) is 90.1 cm³/mol. The first-order chi connectivity index (χ1) is 11.6. The van der Waals surface area contributed by atoms with Crippen molar-refractivity contribution in [2.45, 2.75) is 26.6 Å². The topological polar surface area (TPSA) is 56.0 Å². The van der Waals surface area contributed by atoms with Crippen LogP contribution in [0.15, 0.2) is 53.3 Å². The Morgan fingerprint density at radius 2 is 1.79 bits per heavy atom. The number of benzene rings is 2. The maximum Gasteiger partial charge on any atom is 0.329 e. The first kappa shape index (κ1) is 16.0. The van der Waals surface area contributed by atoms with Crippen molar-refractivity contribution in [3.05, 3.63) is 70.4 Å². The van der Waals surface area contributed by atoms with Crippen LogP contribution in [0.2, 0.25) is 0 Å². The summed E-state index contributed by atoms with van der Waals surface area (Å²) in [5.41, 5.74) is 2.00. The molecule has 1 heterocycles. The lowest BCUT2D eigenvalue weighted by molar-refractivity contribution is -0.121. The Morgan fingerprint density at radius 3 is 2.46 bits per heavy atom. The first-order valence-corrected chi connectivity index (χ1v) is 7.79. The number of aromatic nitrogens is 2. The van der Waals surface area contributed by atoms with Crippen LogP contribution < -0.4 is 11.0 Å². The Morgan fingerprint density at radius 1 is 1.08 bits per heavy atom. The van der Waals surface area contributed by atoms with Gasteiger partial charge in [0, 0.05) is 13.1 Å². The van der Waals surface area contributed by atoms with Gasteiger partial charge in [-0.2, -0.15) is 0 Å². The summed E-state index contributed by atoms with van der Waals surface area (Å²) in [6.45, 7) is 2.58. The third kappa shape index (κ3) is 3.08. The molecule has 0 saturated heterocycles. The van der Waals surface area contributed by atoms with Crippen LogP contribution >= 0.6 is 0 Å². The molecule has 6 heteroatoms. The summed E-state index contributed by atoms with van der Waals surface area (Å²) in [7, 11) is 0. The second-order valence-corrected chi connectivity index (χ2v) is 5.51. The molecule has 1 N–H and O–H groups in total. The van der Waals surface area contributed by atoms with Gasteiger partial charge in [-0.3, -0.25) is 13.9 Å². The third-order valence-corrected chi connectivity index (χ3v) is 3.92. The molecule has 0 spiro atoms. The number of carbonyl (C=O) groups is 1. The maximum atomic E-state index is 13.1. The zero-order valence-electron chi connectivity index (χ0n) is 13.3. The van der Waals surface area contributed by atoms with E-state index in [1.165, 1.54) is 16.7 Å². The molecule has 5 nitrogen and oxygen atoms in total. The van der Waals surface area contributed by atoms with Crippen LogP contribution in [0.3, 0.4) is 0 Å². The van der Waals surface area contributed by atoms with Gasteiger partial charge >= 0.3 is 5.69 Å². The van der Waals surface area contributed by atoms with Gasteiger partial charge in [-0.25, -0.2) is 9.18 Å². The Hall–Kier alpha value is -2.89. The van der Waals surface area contributed by atoms with Crippen molar-refractivity contribution in [3.8, 4) is 0 Å². The Kier molecular flexibility index (Phi) is 4.46. The monoisotopic (exact) mass is 327 g/mol. The van der Waals surface area contributed by atoms with Crippen LogP contribution in [-0.2, 0) is 24.4 Å². The molecule has 24 heavy (non-hydrogen) atoms. The normalized spacial score (nSPS) is 10.9. The van der Waals surface area contributed by atoms with Crippen molar-refractivity contribution in [2.24, 2.45) is 0 Å². The van der Waals surface area contributed by atoms with E-state index in [0.717, 1.165) is 11.0 Å². The van der Waals surface area contributed by atoms with Crippen molar-refractivity contribution < 1.29 is 9.18 Å². The summed E-state index contributed by atoms with van der Waals surface area (Å²) < 4.78 is 16.2. The van der Waals surface area contributed by atoms with E-state index in [-0.39, 0.29) is 30.5 Å². The lowest BCUT2D eigenvalue weighted by atomic mass is 10.2. The van der Waals surface area contributed by atoms with E-state index < -0.39 is 0 Å². The molecular weight excluding hydrogens is 309 g/mol. The highest BCUT2D eigenvalue weighted by Gasteiger charge is 2.14. The van der Waals surface area contributed by atoms with Crippen LogP contribution in [-0.4, -0.2) is 15.0 Å². The number of imidazole rings is 1. The minimum atomic E-state index is -0.344. The molecule has 0 aliphatic rings. The number of carbonyl (C=O) groups excluding carboxylic acids is 1. The van der Waals surface area contributed by atoms with E-state index in [1.807, 2.05) is 31.2 Å². The highest BCUT2D eigenvalue weighted by Crippen LogP contribution is 2.12. The van der Waals surface area contributed by atoms with Gasteiger partial charge in [-0.1, -0.05) is 24.3 Å². The number of hydrogen-bond acceptors (Lipinski definition) is 2. The zero-order chi connectivity index (χ0) is 17.1. The smallest absolute Gasteiger partial charge is 0.329 e. The quantitative estimate of drug-likeness (QED) is 0.782. The second-order valence-electron chi connectivity index (χ2n) is 5.51. The molecular formula is C18H18FN3O2. The molecule has 0 fully saturated rings. The van der Waals surface area contributed by atoms with Crippen molar-refractivity contribution in [3.63, 3.8) is 0 Å². The number of para-hydroxylation sites is 2. The van der Waals surface area contributed by atoms with Crippen molar-refractivity contribution in [1.29, 1.82) is 0 Å². The van der Waals surface area contributed by atoms with Gasteiger partial charge in [0.05, 0.1) is 11.0 Å². The van der Waals surface area contributed by atoms with Crippen molar-refractivity contribution in [2.75, 3.05) is 0 Å². The number of halogens is 1. The van der Waals surface area contributed by atoms with Gasteiger partial charge in [0.1, 0.15) is 12.4 Å². The van der Waals surface area contributed by atoms with E-state index in [1.54, 1.807) is 16.7 Å². The largest absolute Gasteiger partial charge is 0.350 e. The molecule has 1 amide bonds. The van der Waals surface area contributed by atoms with E-state index in [2.05, 4.69) is 5.32 Å². The van der Waals surface area contributed by atoms with Crippen molar-refractivity contribution >= 4 is 16.9 Å². The summed E-state index contributed by atoms with van der Waals surface area (Å²) in [4.78, 5) is 24.7. The number of hydrogen-bond donors (Lipinski definition) is 1. The molecule has 0 bridgehead atoms. The Balaban J connectivity index is 1.78. The predicted octanol–water partition coefficient (Wildman–Crippen LogP) is 2.28. The number of nitrogens with zero attached hydrogens (tertiary/aromatic N) is 2. The number of nitrogens with one attached hydrogen (secondary N) is 1. The van der Waals surface area contributed by atoms with E-state index in [0.29, 0.717) is 12.1 Å². The minimum Gasteiger partial charge on any atom is -0.350 e. The fourth-order valence-electron chi connectivity index (χ4n) is 2.78. The van der Waals surface area contributed by atoms with E-state index in [9.17, 15) is 14.0 Å². The average Bonchev–Trinajstić information content (AvgIpc) is 2.85. The lowest BCUT2D eigenvalue weighted by Crippen LogP contribution is -2.32. The molecule has 0 unspecified atom stereocenters. The number of fused-ring (bicyclic) bond motifs is 1. The highest BCUT2D eigenvalue weighted by atomic mass is 19.1. The Labute approximate surface area is 138 Å². The van der Waals surface area contributed by atoms with Gasteiger partial charge < -0.3 is 5.32 Å². The molecule has 0 atom stereocenters. The third-order valence-electron chi connectivity index (χ3n) is 3.92. The van der Waals surface area contributed by atoms with Gasteiger partial charge in [0.15, 0.2) is 0 Å². The number of amides is 1. The summed E-state index contributed by atoms with van der Waals surface area (Å²) >= 11 is 0. The first-order valence-electron chi connectivity index (χ1n) is 7.79. The molecule has 3 aromatic rings. The summed E-state index contributed by atoms with van der Waals surface area (Å²) in [5, 5.41) is 2.72. The van der Waals surface area contributed by atoms with Gasteiger partial charge in [0.25, 0.3) is 0 Å². The molecule has 0 aliphatic heterocycles. The second kappa shape index (κ2) is 6.70. The van der Waals surface area contributed by atoms with E-state index in [4.69, 9.17) is 0 Å². The van der Waals surface area contributed by atoms with Crippen LogP contribution in [0, 0.1) is 5.82 Å². The Bertz CT molecular complexity index is 943. The zero-order valence-corrected chi connectivity index (χ0v) is 13.3. The van der Waals surface area contributed by atoms with Gasteiger partial charge in [-0.15, -0.1) is 0 Å². The average molecular weight is 327 g/mol. The standard InChI is InChI=1S/C18H18FN3O2/c1-2-21-15-8-3-4-9-16(15)22(18(21)24)12-17(23)20-11-13-6-5-7-14(19)10-13/h3-10H,2,11-12H2,1H3,(H,20,23).